The zero-order valence-electron chi connectivity index (χ0n) is 14.8. The fraction of sp³-hybridized carbons (Fsp3) is 0.211. The van der Waals surface area contributed by atoms with E-state index in [1.165, 1.54) is 33.9 Å². The van der Waals surface area contributed by atoms with Crippen molar-refractivity contribution in [2.75, 3.05) is 18.4 Å². The monoisotopic (exact) mass is 413 g/mol. The van der Waals surface area contributed by atoms with Crippen molar-refractivity contribution in [1.82, 2.24) is 19.5 Å². The van der Waals surface area contributed by atoms with Crippen LogP contribution in [0.1, 0.15) is 10.4 Å². The number of carbonyl (C=O) groups is 1. The van der Waals surface area contributed by atoms with Crippen molar-refractivity contribution in [2.24, 2.45) is 0 Å². The number of thiophene rings is 1. The molecule has 4 heterocycles. The summed E-state index contributed by atoms with van der Waals surface area (Å²) in [7, 11) is 0. The van der Waals surface area contributed by atoms with E-state index in [4.69, 9.17) is 0 Å². The first-order valence-electron chi connectivity index (χ1n) is 8.85. The lowest BCUT2D eigenvalue weighted by atomic mass is 10.1. The standard InChI is InChI=1S/C19H16FN5OS2/c20-14-3-1-12(2-4-14)15-11-25-19(22-15)28-18(23-25)21-9-17(26)24-7-5-16-13(10-24)6-8-27-16/h1-4,6,8,11H,5,7,9-10H2,(H,21,23). The van der Waals surface area contributed by atoms with Crippen LogP contribution in [-0.2, 0) is 17.8 Å². The molecule has 6 nitrogen and oxygen atoms in total. The van der Waals surface area contributed by atoms with Gasteiger partial charge in [-0.15, -0.1) is 16.4 Å². The Balaban J connectivity index is 1.24. The molecular weight excluding hydrogens is 397 g/mol. The predicted molar refractivity (Wildman–Crippen MR) is 108 cm³/mol. The van der Waals surface area contributed by atoms with E-state index in [1.54, 1.807) is 34.2 Å². The summed E-state index contributed by atoms with van der Waals surface area (Å²) < 4.78 is 14.7. The normalized spacial score (nSPS) is 13.7. The first-order chi connectivity index (χ1) is 13.7. The summed E-state index contributed by atoms with van der Waals surface area (Å²) in [6.07, 6.45) is 2.73. The molecule has 28 heavy (non-hydrogen) atoms. The SMILES string of the molecule is O=C(CNc1nn2cc(-c3ccc(F)cc3)nc2s1)N1CCc2sccc2C1. The quantitative estimate of drug-likeness (QED) is 0.555. The van der Waals surface area contributed by atoms with Gasteiger partial charge >= 0.3 is 0 Å². The van der Waals surface area contributed by atoms with Gasteiger partial charge in [-0.05, 0) is 47.7 Å². The lowest BCUT2D eigenvalue weighted by Gasteiger charge is -2.27. The molecule has 142 valence electrons. The minimum atomic E-state index is -0.275. The summed E-state index contributed by atoms with van der Waals surface area (Å²) in [6, 6.07) is 8.30. The molecule has 1 aliphatic rings. The van der Waals surface area contributed by atoms with Gasteiger partial charge in [0.25, 0.3) is 0 Å². The van der Waals surface area contributed by atoms with Gasteiger partial charge in [0.05, 0.1) is 18.4 Å². The largest absolute Gasteiger partial charge is 0.351 e. The molecule has 3 aromatic heterocycles. The molecule has 0 atom stereocenters. The average Bonchev–Trinajstić information content (AvgIpc) is 3.40. The van der Waals surface area contributed by atoms with Gasteiger partial charge in [-0.1, -0.05) is 11.3 Å². The molecule has 5 rings (SSSR count). The van der Waals surface area contributed by atoms with Crippen molar-refractivity contribution in [3.05, 3.63) is 58.2 Å². The summed E-state index contributed by atoms with van der Waals surface area (Å²) in [5.41, 5.74) is 2.83. The Morgan fingerprint density at radius 1 is 1.25 bits per heavy atom. The lowest BCUT2D eigenvalue weighted by molar-refractivity contribution is -0.130. The smallest absolute Gasteiger partial charge is 0.242 e. The number of benzene rings is 1. The number of rotatable bonds is 4. The Kier molecular flexibility index (Phi) is 4.33. The number of hydrogen-bond acceptors (Lipinski definition) is 6. The van der Waals surface area contributed by atoms with Crippen LogP contribution in [0.25, 0.3) is 16.2 Å². The number of anilines is 1. The maximum Gasteiger partial charge on any atom is 0.242 e. The molecule has 1 aliphatic heterocycles. The fourth-order valence-corrected chi connectivity index (χ4v) is 4.92. The fourth-order valence-electron chi connectivity index (χ4n) is 3.26. The van der Waals surface area contributed by atoms with E-state index in [9.17, 15) is 9.18 Å². The van der Waals surface area contributed by atoms with Crippen molar-refractivity contribution in [3.63, 3.8) is 0 Å². The number of fused-ring (bicyclic) bond motifs is 2. The molecule has 0 saturated heterocycles. The first-order valence-corrected chi connectivity index (χ1v) is 10.5. The van der Waals surface area contributed by atoms with Crippen LogP contribution in [-0.4, -0.2) is 38.5 Å². The van der Waals surface area contributed by atoms with Gasteiger partial charge in [0.2, 0.25) is 16.0 Å². The Morgan fingerprint density at radius 2 is 2.11 bits per heavy atom. The van der Waals surface area contributed by atoms with Crippen LogP contribution in [0.3, 0.4) is 0 Å². The number of aromatic nitrogens is 3. The predicted octanol–water partition coefficient (Wildman–Crippen LogP) is 3.66. The molecule has 0 fully saturated rings. The van der Waals surface area contributed by atoms with Gasteiger partial charge < -0.3 is 10.2 Å². The van der Waals surface area contributed by atoms with Crippen molar-refractivity contribution in [3.8, 4) is 11.3 Å². The van der Waals surface area contributed by atoms with Gasteiger partial charge in [-0.3, -0.25) is 4.79 Å². The zero-order valence-corrected chi connectivity index (χ0v) is 16.4. The van der Waals surface area contributed by atoms with Crippen molar-refractivity contribution >= 4 is 38.7 Å². The highest BCUT2D eigenvalue weighted by Gasteiger charge is 2.21. The second-order valence-electron chi connectivity index (χ2n) is 6.56. The summed E-state index contributed by atoms with van der Waals surface area (Å²) in [5, 5.41) is 10.3. The summed E-state index contributed by atoms with van der Waals surface area (Å²) in [5.74, 6) is -0.209. The molecule has 0 bridgehead atoms. The second-order valence-corrected chi connectivity index (χ2v) is 8.51. The number of nitrogens with one attached hydrogen (secondary N) is 1. The Hall–Kier alpha value is -2.78. The molecule has 4 aromatic rings. The Morgan fingerprint density at radius 3 is 2.93 bits per heavy atom. The van der Waals surface area contributed by atoms with E-state index in [-0.39, 0.29) is 18.3 Å². The number of halogens is 1. The number of imidazole rings is 1. The third-order valence-corrected chi connectivity index (χ3v) is 6.64. The lowest BCUT2D eigenvalue weighted by Crippen LogP contribution is -2.38. The second kappa shape index (κ2) is 6.99. The molecule has 1 amide bonds. The topological polar surface area (TPSA) is 62.5 Å². The van der Waals surface area contributed by atoms with Crippen LogP contribution in [0.4, 0.5) is 9.52 Å². The van der Waals surface area contributed by atoms with Crippen molar-refractivity contribution in [2.45, 2.75) is 13.0 Å². The average molecular weight is 414 g/mol. The van der Waals surface area contributed by atoms with E-state index in [2.05, 4.69) is 26.8 Å². The molecule has 1 aromatic carbocycles. The Bertz CT molecular complexity index is 1120. The number of nitrogens with zero attached hydrogens (tertiary/aromatic N) is 4. The van der Waals surface area contributed by atoms with E-state index in [0.717, 1.165) is 29.2 Å². The maximum atomic E-state index is 13.1. The van der Waals surface area contributed by atoms with E-state index in [0.29, 0.717) is 11.7 Å². The first kappa shape index (κ1) is 17.3. The zero-order chi connectivity index (χ0) is 19.1. The number of carbonyl (C=O) groups excluding carboxylic acids is 1. The molecule has 0 unspecified atom stereocenters. The number of amides is 1. The minimum Gasteiger partial charge on any atom is -0.351 e. The van der Waals surface area contributed by atoms with Crippen LogP contribution in [0.15, 0.2) is 41.9 Å². The van der Waals surface area contributed by atoms with Crippen LogP contribution in [0, 0.1) is 5.82 Å². The molecule has 1 N–H and O–H groups in total. The van der Waals surface area contributed by atoms with Gasteiger partial charge in [0.15, 0.2) is 0 Å². The highest BCUT2D eigenvalue weighted by atomic mass is 32.1. The van der Waals surface area contributed by atoms with Crippen LogP contribution < -0.4 is 5.32 Å². The van der Waals surface area contributed by atoms with Gasteiger partial charge in [-0.25, -0.2) is 13.9 Å². The highest BCUT2D eigenvalue weighted by molar-refractivity contribution is 7.20. The number of hydrogen-bond donors (Lipinski definition) is 1. The van der Waals surface area contributed by atoms with Gasteiger partial charge in [0, 0.05) is 23.5 Å². The summed E-state index contributed by atoms with van der Waals surface area (Å²) in [6.45, 7) is 1.65. The summed E-state index contributed by atoms with van der Waals surface area (Å²) >= 11 is 3.14. The third-order valence-electron chi connectivity index (χ3n) is 4.73. The molecule has 9 heteroatoms. The molecular formula is C19H16FN5OS2. The molecule has 0 saturated carbocycles. The molecule has 0 aliphatic carbocycles. The summed E-state index contributed by atoms with van der Waals surface area (Å²) in [4.78, 5) is 21.0. The minimum absolute atomic E-state index is 0.0664. The van der Waals surface area contributed by atoms with Crippen LogP contribution in [0.5, 0.6) is 0 Å². The van der Waals surface area contributed by atoms with E-state index < -0.39 is 0 Å². The van der Waals surface area contributed by atoms with Crippen LogP contribution in [0.2, 0.25) is 0 Å². The van der Waals surface area contributed by atoms with Crippen LogP contribution >= 0.6 is 22.7 Å². The van der Waals surface area contributed by atoms with Crippen molar-refractivity contribution in [1.29, 1.82) is 0 Å². The molecule has 0 radical (unpaired) electrons. The maximum absolute atomic E-state index is 13.1. The third kappa shape index (κ3) is 3.27. The van der Waals surface area contributed by atoms with Gasteiger partial charge in [-0.2, -0.15) is 0 Å². The van der Waals surface area contributed by atoms with E-state index >= 15 is 0 Å². The molecule has 0 spiro atoms. The Labute approximate surface area is 168 Å². The highest BCUT2D eigenvalue weighted by Crippen LogP contribution is 2.26. The van der Waals surface area contributed by atoms with Crippen molar-refractivity contribution < 1.29 is 9.18 Å². The van der Waals surface area contributed by atoms with E-state index in [1.807, 2.05) is 4.90 Å². The van der Waals surface area contributed by atoms with Gasteiger partial charge in [0.1, 0.15) is 5.82 Å².